The van der Waals surface area contributed by atoms with Crippen molar-refractivity contribution in [1.29, 1.82) is 0 Å². The Balaban J connectivity index is 3.43. The number of nitrogens with zero attached hydrogens (tertiary/aromatic N) is 1. The quantitative estimate of drug-likeness (QED) is 0.0898. The van der Waals surface area contributed by atoms with Crippen LogP contribution in [0.4, 0.5) is 0 Å². The molecule has 0 fully saturated rings. The number of thiocarbonyl (C=S) groups is 1. The Morgan fingerprint density at radius 3 is 1.50 bits per heavy atom. The maximum atomic E-state index is 5.71. The third kappa shape index (κ3) is 22.8. The summed E-state index contributed by atoms with van der Waals surface area (Å²) in [5, 5.41) is 0. The van der Waals surface area contributed by atoms with Crippen molar-refractivity contribution in [3.05, 3.63) is 0 Å². The molecule has 0 aliphatic rings. The summed E-state index contributed by atoms with van der Waals surface area (Å²) >= 11 is 9.66. The molecule has 0 heterocycles. The van der Waals surface area contributed by atoms with Crippen molar-refractivity contribution in [2.45, 2.75) is 117 Å². The zero-order valence-electron chi connectivity index (χ0n) is 20.2. The number of hydrogen-bond acceptors (Lipinski definition) is 3. The fraction of sp³-hybridized carbons (Fsp3) is 0.960. The molecule has 0 N–H and O–H groups in total. The van der Waals surface area contributed by atoms with E-state index in [0.717, 1.165) is 19.7 Å². The first-order valence-corrected chi connectivity index (χ1v) is 13.7. The van der Waals surface area contributed by atoms with Gasteiger partial charge in [0, 0.05) is 19.7 Å². The fourth-order valence-electron chi connectivity index (χ4n) is 3.57. The van der Waals surface area contributed by atoms with E-state index in [9.17, 15) is 0 Å². The van der Waals surface area contributed by atoms with Crippen LogP contribution in [0.5, 0.6) is 0 Å². The molecule has 0 aromatic rings. The van der Waals surface area contributed by atoms with Crippen LogP contribution < -0.4 is 0 Å². The van der Waals surface area contributed by atoms with Gasteiger partial charge in [0.1, 0.15) is 4.32 Å². The van der Waals surface area contributed by atoms with Crippen LogP contribution in [-0.2, 0) is 9.47 Å². The monoisotopic (exact) mass is 461 g/mol. The maximum Gasteiger partial charge on any atom is 0.133 e. The standard InChI is InChI=1S/C25H51NO2S2/c1-3-5-7-9-11-12-13-14-15-17-19-26(25(29)30)20-22-28-24-23-27-21-18-16-10-8-6-4-2/h3-24H2,1-2H3,(H,29,30). The van der Waals surface area contributed by atoms with Crippen LogP contribution in [0.15, 0.2) is 0 Å². The second-order valence-electron chi connectivity index (χ2n) is 8.44. The summed E-state index contributed by atoms with van der Waals surface area (Å²) in [6.45, 7) is 9.27. The molecular weight excluding hydrogens is 410 g/mol. The number of unbranched alkanes of at least 4 members (excludes halogenated alkanes) is 14. The fourth-order valence-corrected chi connectivity index (χ4v) is 3.96. The van der Waals surface area contributed by atoms with Crippen molar-refractivity contribution < 1.29 is 9.47 Å². The van der Waals surface area contributed by atoms with Crippen molar-refractivity contribution in [3.8, 4) is 0 Å². The van der Waals surface area contributed by atoms with E-state index in [4.69, 9.17) is 21.7 Å². The summed E-state index contributed by atoms with van der Waals surface area (Å²) in [5.74, 6) is 0. The van der Waals surface area contributed by atoms with Gasteiger partial charge in [-0.25, -0.2) is 0 Å². The number of rotatable bonds is 24. The summed E-state index contributed by atoms with van der Waals surface area (Å²) in [6, 6.07) is 0. The molecule has 0 saturated heterocycles. The van der Waals surface area contributed by atoms with E-state index in [0.29, 0.717) is 24.1 Å². The average molecular weight is 462 g/mol. The molecule has 0 aromatic carbocycles. The zero-order valence-corrected chi connectivity index (χ0v) is 21.9. The van der Waals surface area contributed by atoms with Gasteiger partial charge in [0.05, 0.1) is 19.8 Å². The Bertz CT molecular complexity index is 356. The second kappa shape index (κ2) is 25.4. The molecule has 30 heavy (non-hydrogen) atoms. The molecule has 0 saturated carbocycles. The zero-order chi connectivity index (χ0) is 22.1. The van der Waals surface area contributed by atoms with Gasteiger partial charge in [0.2, 0.25) is 0 Å². The van der Waals surface area contributed by atoms with Crippen LogP contribution in [0.1, 0.15) is 117 Å². The Hall–Kier alpha value is 0.160. The Labute approximate surface area is 199 Å². The lowest BCUT2D eigenvalue weighted by atomic mass is 10.1. The molecule has 0 amide bonds. The molecule has 0 aliphatic carbocycles. The second-order valence-corrected chi connectivity index (χ2v) is 9.56. The minimum Gasteiger partial charge on any atom is -0.379 e. The predicted octanol–water partition coefficient (Wildman–Crippen LogP) is 7.82. The molecule has 0 bridgehead atoms. The van der Waals surface area contributed by atoms with E-state index in [-0.39, 0.29) is 0 Å². The van der Waals surface area contributed by atoms with E-state index in [1.807, 2.05) is 0 Å². The molecule has 3 nitrogen and oxygen atoms in total. The van der Waals surface area contributed by atoms with Crippen molar-refractivity contribution in [2.24, 2.45) is 0 Å². The molecule has 0 aliphatic heterocycles. The highest BCUT2D eigenvalue weighted by molar-refractivity contribution is 8.10. The molecule has 5 heteroatoms. The van der Waals surface area contributed by atoms with Gasteiger partial charge >= 0.3 is 0 Å². The number of ether oxygens (including phenoxy) is 2. The van der Waals surface area contributed by atoms with Gasteiger partial charge in [-0.2, -0.15) is 0 Å². The summed E-state index contributed by atoms with van der Waals surface area (Å²) in [5.41, 5.74) is 0. The topological polar surface area (TPSA) is 21.7 Å². The Morgan fingerprint density at radius 2 is 1.00 bits per heavy atom. The first kappa shape index (κ1) is 30.2. The molecular formula is C25H51NO2S2. The van der Waals surface area contributed by atoms with Crippen LogP contribution in [0.2, 0.25) is 0 Å². The summed E-state index contributed by atoms with van der Waals surface area (Å²) in [6.07, 6.45) is 21.4. The lowest BCUT2D eigenvalue weighted by Gasteiger charge is -2.22. The number of thiol groups is 1. The highest BCUT2D eigenvalue weighted by Gasteiger charge is 2.06. The lowest BCUT2D eigenvalue weighted by molar-refractivity contribution is 0.0426. The Kier molecular flexibility index (Phi) is 25.6. The van der Waals surface area contributed by atoms with E-state index in [2.05, 4.69) is 31.4 Å². The smallest absolute Gasteiger partial charge is 0.133 e. The van der Waals surface area contributed by atoms with Gasteiger partial charge in [-0.05, 0) is 12.8 Å². The average Bonchev–Trinajstić information content (AvgIpc) is 2.74. The third-order valence-corrected chi connectivity index (χ3v) is 6.11. The summed E-state index contributed by atoms with van der Waals surface area (Å²) in [7, 11) is 0. The van der Waals surface area contributed by atoms with Gasteiger partial charge in [-0.1, -0.05) is 116 Å². The van der Waals surface area contributed by atoms with Gasteiger partial charge in [-0.3, -0.25) is 0 Å². The first-order valence-electron chi connectivity index (χ1n) is 12.9. The maximum absolute atomic E-state index is 5.71. The number of hydrogen-bond donors (Lipinski definition) is 1. The highest BCUT2D eigenvalue weighted by Crippen LogP contribution is 2.11. The Morgan fingerprint density at radius 1 is 0.567 bits per heavy atom. The van der Waals surface area contributed by atoms with Crippen molar-refractivity contribution in [3.63, 3.8) is 0 Å². The molecule has 0 atom stereocenters. The van der Waals surface area contributed by atoms with Gasteiger partial charge in [-0.15, -0.1) is 12.6 Å². The van der Waals surface area contributed by atoms with Crippen molar-refractivity contribution in [1.82, 2.24) is 4.90 Å². The predicted molar refractivity (Wildman–Crippen MR) is 140 cm³/mol. The molecule has 0 radical (unpaired) electrons. The molecule has 0 spiro atoms. The molecule has 0 unspecified atom stereocenters. The summed E-state index contributed by atoms with van der Waals surface area (Å²) in [4.78, 5) is 2.17. The van der Waals surface area contributed by atoms with E-state index in [1.54, 1.807) is 0 Å². The van der Waals surface area contributed by atoms with E-state index in [1.165, 1.54) is 103 Å². The van der Waals surface area contributed by atoms with Gasteiger partial charge in [0.15, 0.2) is 0 Å². The SMILES string of the molecule is CCCCCCCCCCCCN(CCOCCOCCCCCCCC)C(=S)S. The first-order chi connectivity index (χ1) is 14.7. The van der Waals surface area contributed by atoms with Crippen LogP contribution in [0.3, 0.4) is 0 Å². The molecule has 0 rings (SSSR count). The highest BCUT2D eigenvalue weighted by atomic mass is 32.1. The van der Waals surface area contributed by atoms with Crippen LogP contribution in [0, 0.1) is 0 Å². The van der Waals surface area contributed by atoms with Crippen LogP contribution in [-0.4, -0.2) is 48.7 Å². The summed E-state index contributed by atoms with van der Waals surface area (Å²) < 4.78 is 12.1. The van der Waals surface area contributed by atoms with Crippen LogP contribution >= 0.6 is 24.8 Å². The van der Waals surface area contributed by atoms with Crippen molar-refractivity contribution in [2.75, 3.05) is 39.5 Å². The third-order valence-electron chi connectivity index (χ3n) is 5.57. The van der Waals surface area contributed by atoms with Gasteiger partial charge in [0.25, 0.3) is 0 Å². The largest absolute Gasteiger partial charge is 0.379 e. The lowest BCUT2D eigenvalue weighted by Crippen LogP contribution is -2.31. The van der Waals surface area contributed by atoms with E-state index >= 15 is 0 Å². The van der Waals surface area contributed by atoms with E-state index < -0.39 is 0 Å². The molecule has 180 valence electrons. The van der Waals surface area contributed by atoms with Crippen LogP contribution in [0.25, 0.3) is 0 Å². The minimum absolute atomic E-state index is 0.668. The normalized spacial score (nSPS) is 11.2. The van der Waals surface area contributed by atoms with Gasteiger partial charge < -0.3 is 14.4 Å². The minimum atomic E-state index is 0.668. The van der Waals surface area contributed by atoms with Crippen molar-refractivity contribution >= 4 is 29.2 Å². The molecule has 0 aromatic heterocycles.